The number of likely N-dealkylation sites (tertiary alicyclic amines) is 1. The van der Waals surface area contributed by atoms with E-state index in [-0.39, 0.29) is 24.1 Å². The first-order valence-corrected chi connectivity index (χ1v) is 8.83. The third-order valence-electron chi connectivity index (χ3n) is 4.23. The van der Waals surface area contributed by atoms with E-state index in [1.54, 1.807) is 18.2 Å². The standard InChI is InChI=1S/C18H26F2N4O2/c1-2-22-18(24-9-5-6-13(12-24)10-16(21)25)23-11-14-7-3-4-8-15(14)26-17(19)20/h3-4,7-8,13,17H,2,5-6,9-12H2,1H3,(H2,21,25)(H,22,23). The Morgan fingerprint density at radius 2 is 2.23 bits per heavy atom. The van der Waals surface area contributed by atoms with Crippen LogP contribution in [0.5, 0.6) is 5.75 Å². The molecule has 0 saturated carbocycles. The first-order valence-electron chi connectivity index (χ1n) is 8.83. The summed E-state index contributed by atoms with van der Waals surface area (Å²) in [6, 6.07) is 6.64. The van der Waals surface area contributed by atoms with E-state index in [1.165, 1.54) is 6.07 Å². The second-order valence-electron chi connectivity index (χ2n) is 6.28. The zero-order valence-corrected chi connectivity index (χ0v) is 15.0. The number of rotatable bonds is 7. The molecule has 1 unspecified atom stereocenters. The lowest BCUT2D eigenvalue weighted by Crippen LogP contribution is -2.47. The lowest BCUT2D eigenvalue weighted by molar-refractivity contribution is -0.119. The molecule has 1 heterocycles. The van der Waals surface area contributed by atoms with Crippen LogP contribution in [0.25, 0.3) is 0 Å². The van der Waals surface area contributed by atoms with E-state index in [0.29, 0.717) is 31.0 Å². The maximum atomic E-state index is 12.5. The maximum absolute atomic E-state index is 12.5. The molecule has 1 aliphatic heterocycles. The normalized spacial score (nSPS) is 18.1. The Morgan fingerprint density at radius 1 is 1.46 bits per heavy atom. The van der Waals surface area contributed by atoms with Crippen LogP contribution in [0, 0.1) is 5.92 Å². The monoisotopic (exact) mass is 368 g/mol. The highest BCUT2D eigenvalue weighted by molar-refractivity contribution is 5.80. The molecule has 144 valence electrons. The molecule has 0 spiro atoms. The van der Waals surface area contributed by atoms with Crippen molar-refractivity contribution in [3.63, 3.8) is 0 Å². The Kier molecular flexibility index (Phi) is 7.62. The number of halogens is 2. The number of hydrogen-bond donors (Lipinski definition) is 2. The van der Waals surface area contributed by atoms with Crippen molar-refractivity contribution in [1.29, 1.82) is 0 Å². The quantitative estimate of drug-likeness (QED) is 0.572. The highest BCUT2D eigenvalue weighted by Gasteiger charge is 2.23. The van der Waals surface area contributed by atoms with Crippen molar-refractivity contribution in [2.24, 2.45) is 16.6 Å². The van der Waals surface area contributed by atoms with Gasteiger partial charge in [-0.25, -0.2) is 4.99 Å². The zero-order valence-electron chi connectivity index (χ0n) is 15.0. The van der Waals surface area contributed by atoms with Crippen molar-refractivity contribution in [1.82, 2.24) is 10.2 Å². The molecule has 6 nitrogen and oxygen atoms in total. The van der Waals surface area contributed by atoms with Gasteiger partial charge in [0.25, 0.3) is 0 Å². The summed E-state index contributed by atoms with van der Waals surface area (Å²) in [5.41, 5.74) is 5.91. The van der Waals surface area contributed by atoms with Gasteiger partial charge in [-0.2, -0.15) is 8.78 Å². The number of carbonyl (C=O) groups is 1. The largest absolute Gasteiger partial charge is 0.434 e. The molecule has 1 aliphatic rings. The number of alkyl halides is 2. The van der Waals surface area contributed by atoms with Crippen molar-refractivity contribution in [2.75, 3.05) is 19.6 Å². The molecule has 1 aromatic carbocycles. The average molecular weight is 368 g/mol. The molecule has 1 fully saturated rings. The molecule has 0 aliphatic carbocycles. The summed E-state index contributed by atoms with van der Waals surface area (Å²) in [7, 11) is 0. The molecule has 1 aromatic rings. The molecule has 0 radical (unpaired) electrons. The summed E-state index contributed by atoms with van der Waals surface area (Å²) in [5.74, 6) is 0.747. The minimum atomic E-state index is -2.87. The summed E-state index contributed by atoms with van der Waals surface area (Å²) in [6.07, 6.45) is 2.28. The fraction of sp³-hybridized carbons (Fsp3) is 0.556. The Balaban J connectivity index is 2.10. The minimum Gasteiger partial charge on any atom is -0.434 e. The fourth-order valence-electron chi connectivity index (χ4n) is 3.14. The molecule has 1 saturated heterocycles. The van der Waals surface area contributed by atoms with E-state index >= 15 is 0 Å². The number of primary amides is 1. The first-order chi connectivity index (χ1) is 12.5. The average Bonchev–Trinajstić information content (AvgIpc) is 2.59. The number of ether oxygens (including phenoxy) is 1. The van der Waals surface area contributed by atoms with Gasteiger partial charge >= 0.3 is 6.61 Å². The van der Waals surface area contributed by atoms with Crippen LogP contribution in [0.2, 0.25) is 0 Å². The summed E-state index contributed by atoms with van der Waals surface area (Å²) in [4.78, 5) is 17.9. The number of para-hydroxylation sites is 1. The molecule has 1 amide bonds. The molecule has 26 heavy (non-hydrogen) atoms. The molecule has 0 bridgehead atoms. The molecule has 0 aromatic heterocycles. The van der Waals surface area contributed by atoms with Gasteiger partial charge in [-0.1, -0.05) is 18.2 Å². The van der Waals surface area contributed by atoms with Crippen LogP contribution in [0.4, 0.5) is 8.78 Å². The number of amides is 1. The number of aliphatic imine (C=N–C) groups is 1. The van der Waals surface area contributed by atoms with Crippen LogP contribution in [0.15, 0.2) is 29.3 Å². The number of nitrogens with two attached hydrogens (primary N) is 1. The van der Waals surface area contributed by atoms with Gasteiger partial charge in [-0.3, -0.25) is 4.79 Å². The van der Waals surface area contributed by atoms with Crippen LogP contribution in [0.1, 0.15) is 31.7 Å². The molecular weight excluding hydrogens is 342 g/mol. The van der Waals surface area contributed by atoms with E-state index in [9.17, 15) is 13.6 Å². The third kappa shape index (κ3) is 6.16. The second kappa shape index (κ2) is 9.94. The highest BCUT2D eigenvalue weighted by atomic mass is 19.3. The molecular formula is C18H26F2N4O2. The highest BCUT2D eigenvalue weighted by Crippen LogP contribution is 2.22. The lowest BCUT2D eigenvalue weighted by atomic mass is 9.95. The molecule has 8 heteroatoms. The topological polar surface area (TPSA) is 80.0 Å². The van der Waals surface area contributed by atoms with Crippen LogP contribution in [0.3, 0.4) is 0 Å². The number of hydrogen-bond acceptors (Lipinski definition) is 3. The van der Waals surface area contributed by atoms with Crippen LogP contribution in [-0.2, 0) is 11.3 Å². The van der Waals surface area contributed by atoms with E-state index in [0.717, 1.165) is 19.4 Å². The number of benzene rings is 1. The SMILES string of the molecule is CCNC(=NCc1ccccc1OC(F)F)N1CCCC(CC(N)=O)C1. The fourth-order valence-corrected chi connectivity index (χ4v) is 3.14. The van der Waals surface area contributed by atoms with Crippen molar-refractivity contribution in [2.45, 2.75) is 39.3 Å². The van der Waals surface area contributed by atoms with E-state index in [1.807, 2.05) is 6.92 Å². The molecule has 2 rings (SSSR count). The van der Waals surface area contributed by atoms with E-state index in [2.05, 4.69) is 19.9 Å². The maximum Gasteiger partial charge on any atom is 0.387 e. The van der Waals surface area contributed by atoms with Gasteiger partial charge < -0.3 is 20.7 Å². The Bertz CT molecular complexity index is 625. The number of nitrogens with one attached hydrogen (secondary N) is 1. The van der Waals surface area contributed by atoms with Gasteiger partial charge in [0.15, 0.2) is 5.96 Å². The first kappa shape index (κ1) is 19.9. The predicted molar refractivity (Wildman–Crippen MR) is 96.0 cm³/mol. The summed E-state index contributed by atoms with van der Waals surface area (Å²) in [5, 5.41) is 3.23. The van der Waals surface area contributed by atoms with Crippen LogP contribution in [-0.4, -0.2) is 43.0 Å². The number of carbonyl (C=O) groups excluding carboxylic acids is 1. The summed E-state index contributed by atoms with van der Waals surface area (Å²) >= 11 is 0. The van der Waals surface area contributed by atoms with Crippen molar-refractivity contribution in [3.05, 3.63) is 29.8 Å². The van der Waals surface area contributed by atoms with Gasteiger partial charge in [0.05, 0.1) is 6.54 Å². The van der Waals surface area contributed by atoms with Crippen LogP contribution >= 0.6 is 0 Å². The predicted octanol–water partition coefficient (Wildman–Crippen LogP) is 2.34. The van der Waals surface area contributed by atoms with Crippen molar-refractivity contribution in [3.8, 4) is 5.75 Å². The lowest BCUT2D eigenvalue weighted by Gasteiger charge is -2.34. The van der Waals surface area contributed by atoms with Gasteiger partial charge in [0.1, 0.15) is 5.75 Å². The van der Waals surface area contributed by atoms with Crippen molar-refractivity contribution >= 4 is 11.9 Å². The summed E-state index contributed by atoms with van der Waals surface area (Å²) in [6.45, 7) is 1.53. The smallest absolute Gasteiger partial charge is 0.387 e. The Morgan fingerprint density at radius 3 is 2.92 bits per heavy atom. The molecule has 3 N–H and O–H groups in total. The molecule has 1 atom stereocenters. The Hall–Kier alpha value is -2.38. The number of nitrogens with zero attached hydrogens (tertiary/aromatic N) is 2. The summed E-state index contributed by atoms with van der Waals surface area (Å²) < 4.78 is 29.6. The number of piperidine rings is 1. The van der Waals surface area contributed by atoms with Crippen LogP contribution < -0.4 is 15.8 Å². The van der Waals surface area contributed by atoms with Gasteiger partial charge in [-0.15, -0.1) is 0 Å². The Labute approximate surface area is 152 Å². The zero-order chi connectivity index (χ0) is 18.9. The van der Waals surface area contributed by atoms with Gasteiger partial charge in [0, 0.05) is 31.6 Å². The minimum absolute atomic E-state index is 0.132. The van der Waals surface area contributed by atoms with E-state index in [4.69, 9.17) is 5.73 Å². The third-order valence-corrected chi connectivity index (χ3v) is 4.23. The second-order valence-corrected chi connectivity index (χ2v) is 6.28. The van der Waals surface area contributed by atoms with E-state index < -0.39 is 6.61 Å². The van der Waals surface area contributed by atoms with Crippen molar-refractivity contribution < 1.29 is 18.3 Å². The number of guanidine groups is 1. The van der Waals surface area contributed by atoms with Gasteiger partial charge in [0.2, 0.25) is 5.91 Å². The van der Waals surface area contributed by atoms with Gasteiger partial charge in [-0.05, 0) is 31.7 Å².